The van der Waals surface area contributed by atoms with Crippen LogP contribution in [-0.2, 0) is 19.1 Å². The summed E-state index contributed by atoms with van der Waals surface area (Å²) in [4.78, 5) is 23.3. The molecule has 0 aromatic heterocycles. The van der Waals surface area contributed by atoms with E-state index in [2.05, 4.69) is 6.92 Å². The van der Waals surface area contributed by atoms with E-state index in [0.717, 1.165) is 12.8 Å². The van der Waals surface area contributed by atoms with E-state index in [4.69, 9.17) is 9.47 Å². The second-order valence-corrected chi connectivity index (χ2v) is 4.13. The molecule has 0 aliphatic heterocycles. The number of carbonyl (C=O) groups excluding carboxylic acids is 2. The van der Waals surface area contributed by atoms with Gasteiger partial charge in [0.25, 0.3) is 0 Å². The number of allylic oxidation sites excluding steroid dienone is 1. The summed E-state index contributed by atoms with van der Waals surface area (Å²) in [5, 5.41) is 0. The number of hydrogen-bond donors (Lipinski definition) is 0. The standard InChI is InChI=1S/C14H24O4/c1-5-8-11(4)9-10-12(13(15)17-6-2)14(16)18-7-3/h9-12H,5-8H2,1-4H3. The molecule has 0 N–H and O–H groups in total. The van der Waals surface area contributed by atoms with Gasteiger partial charge in [0.2, 0.25) is 0 Å². The Hall–Kier alpha value is -1.32. The van der Waals surface area contributed by atoms with Crippen LogP contribution < -0.4 is 0 Å². The summed E-state index contributed by atoms with van der Waals surface area (Å²) >= 11 is 0. The fourth-order valence-corrected chi connectivity index (χ4v) is 1.57. The molecule has 1 unspecified atom stereocenters. The van der Waals surface area contributed by atoms with E-state index >= 15 is 0 Å². The summed E-state index contributed by atoms with van der Waals surface area (Å²) in [7, 11) is 0. The van der Waals surface area contributed by atoms with E-state index in [1.165, 1.54) is 0 Å². The van der Waals surface area contributed by atoms with E-state index in [1.807, 2.05) is 13.0 Å². The molecule has 18 heavy (non-hydrogen) atoms. The molecule has 1 atom stereocenters. The van der Waals surface area contributed by atoms with Crippen LogP contribution in [-0.4, -0.2) is 25.2 Å². The van der Waals surface area contributed by atoms with Gasteiger partial charge in [-0.1, -0.05) is 32.4 Å². The minimum atomic E-state index is -0.941. The van der Waals surface area contributed by atoms with E-state index in [0.29, 0.717) is 5.92 Å². The zero-order valence-electron chi connectivity index (χ0n) is 11.8. The molecule has 0 aliphatic rings. The van der Waals surface area contributed by atoms with Gasteiger partial charge < -0.3 is 9.47 Å². The summed E-state index contributed by atoms with van der Waals surface area (Å²) in [6, 6.07) is 0. The third-order valence-corrected chi connectivity index (χ3v) is 2.46. The Kier molecular flexibility index (Phi) is 8.97. The Bertz CT molecular complexity index is 266. The van der Waals surface area contributed by atoms with Crippen molar-refractivity contribution in [1.29, 1.82) is 0 Å². The fourth-order valence-electron chi connectivity index (χ4n) is 1.57. The van der Waals surface area contributed by atoms with Gasteiger partial charge in [0.15, 0.2) is 5.92 Å². The molecule has 0 amide bonds. The first-order valence-electron chi connectivity index (χ1n) is 6.58. The van der Waals surface area contributed by atoms with Crippen LogP contribution in [0.5, 0.6) is 0 Å². The molecule has 0 radical (unpaired) electrons. The summed E-state index contributed by atoms with van der Waals surface area (Å²) in [5.41, 5.74) is 0. The van der Waals surface area contributed by atoms with Crippen molar-refractivity contribution in [3.8, 4) is 0 Å². The summed E-state index contributed by atoms with van der Waals surface area (Å²) in [6.45, 7) is 8.08. The molecule has 0 aliphatic carbocycles. The maximum absolute atomic E-state index is 11.7. The SMILES string of the molecule is CCCC(C)C=CC(C(=O)OCC)C(=O)OCC. The maximum Gasteiger partial charge on any atom is 0.324 e. The van der Waals surface area contributed by atoms with Gasteiger partial charge in [-0.3, -0.25) is 9.59 Å². The molecule has 0 aromatic rings. The van der Waals surface area contributed by atoms with E-state index in [1.54, 1.807) is 19.9 Å². The monoisotopic (exact) mass is 256 g/mol. The van der Waals surface area contributed by atoms with Crippen LogP contribution in [0.25, 0.3) is 0 Å². The van der Waals surface area contributed by atoms with Crippen LogP contribution in [0.1, 0.15) is 40.5 Å². The highest BCUT2D eigenvalue weighted by Gasteiger charge is 2.26. The molecule has 104 valence electrons. The molecule has 0 aromatic carbocycles. The lowest BCUT2D eigenvalue weighted by Gasteiger charge is -2.11. The van der Waals surface area contributed by atoms with Crippen molar-refractivity contribution in [2.45, 2.75) is 40.5 Å². The number of rotatable bonds is 8. The molecule has 4 heteroatoms. The smallest absolute Gasteiger partial charge is 0.324 e. The lowest BCUT2D eigenvalue weighted by Crippen LogP contribution is -2.26. The predicted molar refractivity (Wildman–Crippen MR) is 70.0 cm³/mol. The van der Waals surface area contributed by atoms with Gasteiger partial charge in [0.1, 0.15) is 0 Å². The highest BCUT2D eigenvalue weighted by atomic mass is 16.6. The summed E-state index contributed by atoms with van der Waals surface area (Å²) < 4.78 is 9.75. The molecule has 0 rings (SSSR count). The number of carbonyl (C=O) groups is 2. The topological polar surface area (TPSA) is 52.6 Å². The average Bonchev–Trinajstić information content (AvgIpc) is 2.30. The Morgan fingerprint density at radius 2 is 1.50 bits per heavy atom. The van der Waals surface area contributed by atoms with E-state index < -0.39 is 17.9 Å². The lowest BCUT2D eigenvalue weighted by atomic mass is 10.0. The molecular weight excluding hydrogens is 232 g/mol. The van der Waals surface area contributed by atoms with Gasteiger partial charge in [0.05, 0.1) is 13.2 Å². The molecule has 0 saturated heterocycles. The average molecular weight is 256 g/mol. The van der Waals surface area contributed by atoms with E-state index in [9.17, 15) is 9.59 Å². The second kappa shape index (κ2) is 9.68. The zero-order valence-corrected chi connectivity index (χ0v) is 11.8. The van der Waals surface area contributed by atoms with Crippen LogP contribution >= 0.6 is 0 Å². The van der Waals surface area contributed by atoms with Crippen LogP contribution in [0, 0.1) is 11.8 Å². The van der Waals surface area contributed by atoms with Crippen molar-refractivity contribution in [2.24, 2.45) is 11.8 Å². The minimum Gasteiger partial charge on any atom is -0.465 e. The second-order valence-electron chi connectivity index (χ2n) is 4.13. The van der Waals surface area contributed by atoms with Crippen LogP contribution in [0.3, 0.4) is 0 Å². The minimum absolute atomic E-state index is 0.257. The molecule has 0 spiro atoms. The van der Waals surface area contributed by atoms with Crippen molar-refractivity contribution in [3.05, 3.63) is 12.2 Å². The number of hydrogen-bond acceptors (Lipinski definition) is 4. The molecule has 0 bridgehead atoms. The molecule has 0 fully saturated rings. The normalized spacial score (nSPS) is 12.7. The quantitative estimate of drug-likeness (QED) is 0.380. The lowest BCUT2D eigenvalue weighted by molar-refractivity contribution is -0.158. The van der Waals surface area contributed by atoms with Gasteiger partial charge >= 0.3 is 11.9 Å². The molecule has 0 saturated carbocycles. The van der Waals surface area contributed by atoms with Crippen molar-refractivity contribution < 1.29 is 19.1 Å². The Morgan fingerprint density at radius 1 is 1.00 bits per heavy atom. The van der Waals surface area contributed by atoms with Gasteiger partial charge in [-0.25, -0.2) is 0 Å². The predicted octanol–water partition coefficient (Wildman–Crippen LogP) is 2.72. The fraction of sp³-hybridized carbons (Fsp3) is 0.714. The van der Waals surface area contributed by atoms with E-state index in [-0.39, 0.29) is 13.2 Å². The Morgan fingerprint density at radius 3 is 1.89 bits per heavy atom. The van der Waals surface area contributed by atoms with Crippen LogP contribution in [0.2, 0.25) is 0 Å². The van der Waals surface area contributed by atoms with Crippen molar-refractivity contribution in [1.82, 2.24) is 0 Å². The van der Waals surface area contributed by atoms with Gasteiger partial charge in [-0.15, -0.1) is 0 Å². The van der Waals surface area contributed by atoms with Crippen molar-refractivity contribution >= 4 is 11.9 Å². The first-order chi connectivity index (χ1) is 8.56. The highest BCUT2D eigenvalue weighted by Crippen LogP contribution is 2.11. The first-order valence-corrected chi connectivity index (χ1v) is 6.58. The first kappa shape index (κ1) is 16.7. The highest BCUT2D eigenvalue weighted by molar-refractivity contribution is 5.96. The van der Waals surface area contributed by atoms with Crippen molar-refractivity contribution in [2.75, 3.05) is 13.2 Å². The molecular formula is C14H24O4. The number of ether oxygens (including phenoxy) is 2. The summed E-state index contributed by atoms with van der Waals surface area (Å²) in [5.74, 6) is -1.70. The zero-order chi connectivity index (χ0) is 14.0. The number of esters is 2. The third kappa shape index (κ3) is 6.42. The van der Waals surface area contributed by atoms with Gasteiger partial charge in [0, 0.05) is 0 Å². The van der Waals surface area contributed by atoms with Gasteiger partial charge in [-0.2, -0.15) is 0 Å². The molecule has 4 nitrogen and oxygen atoms in total. The van der Waals surface area contributed by atoms with Crippen LogP contribution in [0.15, 0.2) is 12.2 Å². The Labute approximate surface area is 109 Å². The summed E-state index contributed by atoms with van der Waals surface area (Å²) in [6.07, 6.45) is 5.56. The molecule has 0 heterocycles. The maximum atomic E-state index is 11.7. The largest absolute Gasteiger partial charge is 0.465 e. The van der Waals surface area contributed by atoms with Gasteiger partial charge in [-0.05, 0) is 26.2 Å². The third-order valence-electron chi connectivity index (χ3n) is 2.46. The van der Waals surface area contributed by atoms with Crippen LogP contribution in [0.4, 0.5) is 0 Å². The Balaban J connectivity index is 4.65. The van der Waals surface area contributed by atoms with Crippen molar-refractivity contribution in [3.63, 3.8) is 0 Å².